The number of benzene rings is 2. The molecule has 0 N–H and O–H groups in total. The smallest absolute Gasteiger partial charge is 0.168 e. The molecular weight excluding hydrogens is 339 g/mol. The minimum Gasteiger partial charge on any atom is -0.294 e. The van der Waals surface area contributed by atoms with Gasteiger partial charge in [0.15, 0.2) is 5.78 Å². The number of Topliss-reactive ketones (excluding diaryl/α,β-unsaturated/α-hetero) is 1. The van der Waals surface area contributed by atoms with Crippen LogP contribution in [-0.2, 0) is 6.42 Å². The first-order valence-electron chi connectivity index (χ1n) is 6.09. The fourth-order valence-corrected chi connectivity index (χ4v) is 3.69. The molecule has 0 unspecified atom stereocenters. The van der Waals surface area contributed by atoms with Gasteiger partial charge in [-0.1, -0.05) is 24.3 Å². The van der Waals surface area contributed by atoms with Crippen molar-refractivity contribution in [2.45, 2.75) is 6.42 Å². The summed E-state index contributed by atoms with van der Waals surface area (Å²) >= 11 is 4.97. The van der Waals surface area contributed by atoms with Crippen LogP contribution in [0.2, 0.25) is 0 Å². The highest BCUT2D eigenvalue weighted by atomic mass is 79.9. The van der Waals surface area contributed by atoms with E-state index in [2.05, 4.69) is 15.9 Å². The maximum absolute atomic E-state index is 13.8. The number of rotatable bonds is 3. The molecule has 20 heavy (non-hydrogen) atoms. The molecule has 0 aliphatic rings. The third kappa shape index (κ3) is 2.41. The second kappa shape index (κ2) is 5.46. The van der Waals surface area contributed by atoms with Gasteiger partial charge in [-0.25, -0.2) is 4.39 Å². The standard InChI is InChI=1S/C16H10BrFOS/c17-13-7-8-20-16(13)9-15(19)12-5-6-14(18)11-4-2-1-3-10(11)12/h1-8H,9H2. The number of carbonyl (C=O) groups excluding carboxylic acids is 1. The molecule has 0 spiro atoms. The highest BCUT2D eigenvalue weighted by Gasteiger charge is 2.14. The average Bonchev–Trinajstić information content (AvgIpc) is 2.85. The van der Waals surface area contributed by atoms with Crippen molar-refractivity contribution in [3.05, 3.63) is 68.6 Å². The van der Waals surface area contributed by atoms with Gasteiger partial charge in [-0.15, -0.1) is 11.3 Å². The van der Waals surface area contributed by atoms with E-state index in [4.69, 9.17) is 0 Å². The Hall–Kier alpha value is -1.52. The quantitative estimate of drug-likeness (QED) is 0.592. The molecule has 4 heteroatoms. The summed E-state index contributed by atoms with van der Waals surface area (Å²) in [5.74, 6) is -0.293. The Kier molecular flexibility index (Phi) is 3.68. The van der Waals surface area contributed by atoms with Crippen LogP contribution in [0.15, 0.2) is 52.3 Å². The number of hydrogen-bond acceptors (Lipinski definition) is 2. The SMILES string of the molecule is O=C(Cc1sccc1Br)c1ccc(F)c2ccccc12. The van der Waals surface area contributed by atoms with Crippen molar-refractivity contribution in [3.63, 3.8) is 0 Å². The molecule has 100 valence electrons. The van der Waals surface area contributed by atoms with Crippen molar-refractivity contribution in [1.82, 2.24) is 0 Å². The second-order valence-electron chi connectivity index (χ2n) is 4.43. The number of hydrogen-bond donors (Lipinski definition) is 0. The van der Waals surface area contributed by atoms with E-state index in [0.29, 0.717) is 22.8 Å². The summed E-state index contributed by atoms with van der Waals surface area (Å²) in [5.41, 5.74) is 0.572. The molecule has 1 nitrogen and oxygen atoms in total. The highest BCUT2D eigenvalue weighted by Crippen LogP contribution is 2.27. The van der Waals surface area contributed by atoms with E-state index >= 15 is 0 Å². The van der Waals surface area contributed by atoms with Crippen molar-refractivity contribution in [3.8, 4) is 0 Å². The largest absolute Gasteiger partial charge is 0.294 e. The van der Waals surface area contributed by atoms with Gasteiger partial charge >= 0.3 is 0 Å². The van der Waals surface area contributed by atoms with Crippen LogP contribution < -0.4 is 0 Å². The van der Waals surface area contributed by atoms with Crippen LogP contribution in [0.4, 0.5) is 4.39 Å². The van der Waals surface area contributed by atoms with Crippen LogP contribution in [0, 0.1) is 5.82 Å². The maximum Gasteiger partial charge on any atom is 0.168 e. The zero-order chi connectivity index (χ0) is 14.1. The predicted octanol–water partition coefficient (Wildman–Crippen LogP) is 5.23. The van der Waals surface area contributed by atoms with Gasteiger partial charge in [-0.05, 0) is 44.9 Å². The molecule has 1 heterocycles. The summed E-state index contributed by atoms with van der Waals surface area (Å²) in [6.07, 6.45) is 0.327. The number of ketones is 1. The van der Waals surface area contributed by atoms with Gasteiger partial charge in [0.2, 0.25) is 0 Å². The van der Waals surface area contributed by atoms with Gasteiger partial charge in [-0.2, -0.15) is 0 Å². The van der Waals surface area contributed by atoms with Crippen LogP contribution in [-0.4, -0.2) is 5.78 Å². The summed E-state index contributed by atoms with van der Waals surface area (Å²) in [6, 6.07) is 11.9. The summed E-state index contributed by atoms with van der Waals surface area (Å²) in [4.78, 5) is 13.4. The van der Waals surface area contributed by atoms with Crippen molar-refractivity contribution in [2.75, 3.05) is 0 Å². The molecule has 3 aromatic rings. The van der Waals surface area contributed by atoms with E-state index in [1.54, 1.807) is 24.3 Å². The van der Waals surface area contributed by atoms with E-state index in [9.17, 15) is 9.18 Å². The molecule has 1 aromatic heterocycles. The van der Waals surface area contributed by atoms with E-state index in [1.165, 1.54) is 17.4 Å². The third-order valence-corrected chi connectivity index (χ3v) is 5.11. The van der Waals surface area contributed by atoms with Gasteiger partial charge in [0.25, 0.3) is 0 Å². The van der Waals surface area contributed by atoms with Crippen LogP contribution in [0.1, 0.15) is 15.2 Å². The molecule has 0 radical (unpaired) electrons. The minimum atomic E-state index is -0.297. The van der Waals surface area contributed by atoms with Crippen LogP contribution >= 0.6 is 27.3 Å². The Morgan fingerprint density at radius 1 is 1.10 bits per heavy atom. The zero-order valence-corrected chi connectivity index (χ0v) is 12.8. The zero-order valence-electron chi connectivity index (χ0n) is 10.4. The normalized spacial score (nSPS) is 10.9. The number of carbonyl (C=O) groups is 1. The average molecular weight is 349 g/mol. The van der Waals surface area contributed by atoms with Crippen molar-refractivity contribution < 1.29 is 9.18 Å². The lowest BCUT2D eigenvalue weighted by Crippen LogP contribution is -2.04. The van der Waals surface area contributed by atoms with Gasteiger partial charge < -0.3 is 0 Å². The van der Waals surface area contributed by atoms with Crippen molar-refractivity contribution in [2.24, 2.45) is 0 Å². The summed E-state index contributed by atoms with van der Waals surface area (Å²) < 4.78 is 14.7. The molecule has 3 rings (SSSR count). The van der Waals surface area contributed by atoms with E-state index in [-0.39, 0.29) is 11.6 Å². The molecule has 0 saturated carbocycles. The van der Waals surface area contributed by atoms with Gasteiger partial charge in [0.05, 0.1) is 0 Å². The van der Waals surface area contributed by atoms with Crippen molar-refractivity contribution >= 4 is 43.8 Å². The van der Waals surface area contributed by atoms with Gasteiger partial charge in [0.1, 0.15) is 5.82 Å². The van der Waals surface area contributed by atoms with Crippen LogP contribution in [0.5, 0.6) is 0 Å². The monoisotopic (exact) mass is 348 g/mol. The number of thiophene rings is 1. The van der Waals surface area contributed by atoms with Gasteiger partial charge in [0, 0.05) is 26.7 Å². The lowest BCUT2D eigenvalue weighted by Gasteiger charge is -2.06. The highest BCUT2D eigenvalue weighted by molar-refractivity contribution is 9.10. The maximum atomic E-state index is 13.8. The topological polar surface area (TPSA) is 17.1 Å². The molecule has 0 amide bonds. The Labute approximate surface area is 128 Å². The fraction of sp³-hybridized carbons (Fsp3) is 0.0625. The second-order valence-corrected chi connectivity index (χ2v) is 6.29. The number of fused-ring (bicyclic) bond motifs is 1. The molecule has 0 aliphatic carbocycles. The first-order chi connectivity index (χ1) is 9.66. The Morgan fingerprint density at radius 2 is 1.85 bits per heavy atom. The molecular formula is C16H10BrFOS. The molecule has 0 fully saturated rings. The summed E-state index contributed by atoms with van der Waals surface area (Å²) in [6.45, 7) is 0. The molecule has 0 saturated heterocycles. The van der Waals surface area contributed by atoms with Gasteiger partial charge in [-0.3, -0.25) is 4.79 Å². The first-order valence-corrected chi connectivity index (χ1v) is 7.76. The molecule has 0 aliphatic heterocycles. The summed E-state index contributed by atoms with van der Waals surface area (Å²) in [5, 5.41) is 3.10. The van der Waals surface area contributed by atoms with Crippen LogP contribution in [0.3, 0.4) is 0 Å². The Bertz CT molecular complexity index is 794. The summed E-state index contributed by atoms with van der Waals surface area (Å²) in [7, 11) is 0. The predicted molar refractivity (Wildman–Crippen MR) is 84.0 cm³/mol. The van der Waals surface area contributed by atoms with E-state index in [0.717, 1.165) is 9.35 Å². The fourth-order valence-electron chi connectivity index (χ4n) is 2.20. The Morgan fingerprint density at radius 3 is 2.55 bits per heavy atom. The molecule has 0 bridgehead atoms. The minimum absolute atomic E-state index is 0.00403. The lowest BCUT2D eigenvalue weighted by atomic mass is 9.99. The van der Waals surface area contributed by atoms with E-state index < -0.39 is 0 Å². The molecule has 2 aromatic carbocycles. The van der Waals surface area contributed by atoms with Crippen molar-refractivity contribution in [1.29, 1.82) is 0 Å². The van der Waals surface area contributed by atoms with Crippen LogP contribution in [0.25, 0.3) is 10.8 Å². The number of halogens is 2. The van der Waals surface area contributed by atoms with E-state index in [1.807, 2.05) is 17.5 Å². The lowest BCUT2D eigenvalue weighted by molar-refractivity contribution is 0.0995. The Balaban J connectivity index is 2.04. The first kappa shape index (κ1) is 13.5. The molecule has 0 atom stereocenters. The third-order valence-electron chi connectivity index (χ3n) is 3.18.